The van der Waals surface area contributed by atoms with Crippen molar-refractivity contribution in [2.75, 3.05) is 0 Å². The Kier molecular flexibility index (Phi) is 19.4. The molecule has 4 heteroatoms. The van der Waals surface area contributed by atoms with E-state index in [9.17, 15) is 0 Å². The van der Waals surface area contributed by atoms with Gasteiger partial charge in [0.2, 0.25) is 0 Å². The topological polar surface area (TPSA) is 52.3 Å². The number of fused-ring (bicyclic) bond motifs is 11. The van der Waals surface area contributed by atoms with Crippen LogP contribution in [0.25, 0.3) is 285 Å². The minimum atomic E-state index is 0.0615. The van der Waals surface area contributed by atoms with Crippen LogP contribution in [0.15, 0.2) is 450 Å². The lowest BCUT2D eigenvalue weighted by Crippen LogP contribution is -2.10. The average Bonchev–Trinajstić information content (AvgIpc) is 1.68. The van der Waals surface area contributed by atoms with E-state index in [1.807, 2.05) is 42.6 Å². The van der Waals surface area contributed by atoms with Crippen molar-refractivity contribution in [3.63, 3.8) is 0 Å². The second-order valence-electron chi connectivity index (χ2n) is 42.2. The molecule has 4 nitrogen and oxygen atoms in total. The van der Waals surface area contributed by atoms with E-state index in [-0.39, 0.29) is 16.2 Å². The molecule has 0 aliphatic heterocycles. The van der Waals surface area contributed by atoms with Crippen LogP contribution in [0.4, 0.5) is 0 Å². The summed E-state index contributed by atoms with van der Waals surface area (Å²) in [7, 11) is 0. The van der Waals surface area contributed by atoms with Crippen LogP contribution in [0.3, 0.4) is 0 Å². The molecule has 4 aromatic heterocycles. The maximum atomic E-state index is 6.40. The molecule has 0 unspecified atom stereocenters. The van der Waals surface area contributed by atoms with Gasteiger partial charge in [0.15, 0.2) is 0 Å². The molecule has 0 fully saturated rings. The molecule has 0 saturated carbocycles. The van der Waals surface area contributed by atoms with Gasteiger partial charge in [0, 0.05) is 60.6 Å². The average molecular weight is 1830 g/mol. The smallest absolute Gasteiger partial charge is 0.143 e. The molecule has 4 heterocycles. The Hall–Kier alpha value is -17.3. The highest BCUT2D eigenvalue weighted by Gasteiger charge is 2.29. The van der Waals surface area contributed by atoms with Gasteiger partial charge >= 0.3 is 0 Å². The molecule has 0 spiro atoms. The number of aromatic nitrogens is 1. The third-order valence-electron chi connectivity index (χ3n) is 30.5. The first-order valence-corrected chi connectivity index (χ1v) is 50.0. The number of hydrogen-bond donors (Lipinski definition) is 0. The van der Waals surface area contributed by atoms with Crippen molar-refractivity contribution < 1.29 is 13.3 Å². The Labute approximate surface area is 829 Å². The van der Waals surface area contributed by atoms with Crippen molar-refractivity contribution >= 4 is 184 Å². The summed E-state index contributed by atoms with van der Waals surface area (Å²) < 4.78 is 19.1. The monoisotopic (exact) mass is 1830 g/mol. The largest absolute Gasteiger partial charge is 0.456 e. The number of hydrogen-bond acceptors (Lipinski definition) is 4. The van der Waals surface area contributed by atoms with E-state index < -0.39 is 0 Å². The van der Waals surface area contributed by atoms with Crippen molar-refractivity contribution in [3.05, 3.63) is 454 Å². The van der Waals surface area contributed by atoms with E-state index >= 15 is 0 Å². The highest BCUT2D eigenvalue weighted by molar-refractivity contribution is 6.32. The van der Waals surface area contributed by atoms with Crippen molar-refractivity contribution in [1.29, 1.82) is 0 Å². The van der Waals surface area contributed by atoms with Gasteiger partial charge in [0.05, 0.1) is 5.52 Å². The number of nitrogens with zero attached hydrogens (tertiary/aromatic N) is 1. The molecule has 0 N–H and O–H groups in total. The van der Waals surface area contributed by atoms with Crippen molar-refractivity contribution in [1.82, 2.24) is 4.98 Å². The van der Waals surface area contributed by atoms with Crippen LogP contribution in [-0.2, 0) is 16.2 Å². The Morgan fingerprint density at radius 1 is 0.161 bits per heavy atom. The third kappa shape index (κ3) is 14.1. The summed E-state index contributed by atoms with van der Waals surface area (Å²) in [6.45, 7) is 20.7. The predicted octanol–water partition coefficient (Wildman–Crippen LogP) is 40.0. The van der Waals surface area contributed by atoms with Gasteiger partial charge in [-0.3, -0.25) is 4.98 Å². The first-order valence-electron chi connectivity index (χ1n) is 50.0. The maximum absolute atomic E-state index is 6.40. The van der Waals surface area contributed by atoms with Crippen molar-refractivity contribution in [2.24, 2.45) is 0 Å². The van der Waals surface area contributed by atoms with E-state index in [1.165, 1.54) is 197 Å². The van der Waals surface area contributed by atoms with E-state index in [0.29, 0.717) is 0 Å². The molecule has 0 amide bonds. The second kappa shape index (κ2) is 32.7. The lowest BCUT2D eigenvalue weighted by Gasteiger charge is -2.23. The Bertz CT molecular complexity index is 9750. The Morgan fingerprint density at radius 2 is 0.469 bits per heavy atom. The molecule has 678 valence electrons. The third-order valence-corrected chi connectivity index (χ3v) is 30.5. The van der Waals surface area contributed by atoms with Crippen molar-refractivity contribution in [3.8, 4) is 100 Å². The molecule has 143 heavy (non-hydrogen) atoms. The summed E-state index contributed by atoms with van der Waals surface area (Å²) >= 11 is 0. The normalized spacial score (nSPS) is 12.4. The molecule has 29 aromatic rings. The second-order valence-corrected chi connectivity index (χ2v) is 42.2. The van der Waals surface area contributed by atoms with Crippen LogP contribution in [-0.4, -0.2) is 4.98 Å². The summed E-state index contributed by atoms with van der Waals surface area (Å²) in [4.78, 5) is 4.88. The van der Waals surface area contributed by atoms with E-state index in [1.54, 1.807) is 0 Å². The molecule has 0 aliphatic carbocycles. The van der Waals surface area contributed by atoms with Crippen LogP contribution in [0, 0.1) is 0 Å². The summed E-state index contributed by atoms with van der Waals surface area (Å²) in [6.07, 6.45) is 2.03. The van der Waals surface area contributed by atoms with Crippen LogP contribution >= 0.6 is 0 Å². The van der Waals surface area contributed by atoms with Gasteiger partial charge in [-0.2, -0.15) is 0 Å². The van der Waals surface area contributed by atoms with Crippen LogP contribution < -0.4 is 0 Å². The predicted molar refractivity (Wildman–Crippen MR) is 610 cm³/mol. The Morgan fingerprint density at radius 3 is 0.937 bits per heavy atom. The van der Waals surface area contributed by atoms with Gasteiger partial charge in [0.25, 0.3) is 0 Å². The zero-order chi connectivity index (χ0) is 96.0. The maximum Gasteiger partial charge on any atom is 0.143 e. The highest BCUT2D eigenvalue weighted by Crippen LogP contribution is 2.53. The summed E-state index contributed by atoms with van der Waals surface area (Å²) in [5, 5.41) is 34.0. The number of pyridine rings is 1. The molecule has 0 bridgehead atoms. The van der Waals surface area contributed by atoms with Gasteiger partial charge in [-0.05, 0) is 285 Å². The van der Waals surface area contributed by atoms with Gasteiger partial charge in [0.1, 0.15) is 33.5 Å². The number of furan rings is 3. The SMILES string of the molecule is CC(C)(C)c1cc2ccc3c(-c4ccc(-c5cccc6c5oc5ccccc56)cc4)cc(-c4ccc5ccccc5c4)c4ccc(c1)c2c34.CC(C)(C)c1cc2ccc3c(-c4ccc(-c5cccc6c5oc5ccccc56)cc4)cc(-c4cnc5ccccc5c4)c4ccc(c1)c2c34.CC(C)(C)c1cc2ccc3c(-c4ccccc4)cc(-c4ccccc4-c4cccc5oc6ccccc6c45)c4ccc(c1)c2c34. The molecule has 25 aromatic carbocycles. The number of benzene rings is 25. The molecule has 0 aliphatic rings. The molecule has 0 atom stereocenters. The van der Waals surface area contributed by atoms with Gasteiger partial charge in [-0.25, -0.2) is 0 Å². The van der Waals surface area contributed by atoms with E-state index in [4.69, 9.17) is 18.2 Å². The molecule has 0 saturated heterocycles. The zero-order valence-corrected chi connectivity index (χ0v) is 81.2. The highest BCUT2D eigenvalue weighted by atomic mass is 16.3. The number of rotatable bonds is 9. The minimum Gasteiger partial charge on any atom is -0.456 e. The molecule has 0 radical (unpaired) electrons. The summed E-state index contributed by atoms with van der Waals surface area (Å²) in [6, 6.07) is 158. The first-order chi connectivity index (χ1) is 69.8. The Balaban J connectivity index is 0.000000107. The summed E-state index contributed by atoms with van der Waals surface area (Å²) in [5.74, 6) is 0. The standard InChI is InChI=1S/C48H34O.C47H33NO.C44H32O/c1-48(2,3)36-26-34-21-23-39-42(31-18-16-30(17-19-31)37-12-8-13-41-38-11-6-7-14-44(38)49-47(37)41)28-43(40-24-22-35(27-36)45(34)46(39)40)33-20-15-29-9-4-5-10-32(29)25-33;1-47(2,3)34-24-31-19-21-37-40(29-17-15-28(16-18-29)35-11-8-12-39-36-10-5-7-14-43(36)49-46(35)39)26-41(38-22-20-32(25-34)44(31)45(37)38)33-23-30-9-4-6-13-42(30)48-27-33;1-44(2,3)30-24-28-20-22-34-37(27-12-5-4-6-13-27)26-38(35-23-21-29(25-30)41(28)43(34)35)32-15-8-7-14-31(32)33-17-11-19-40-42(33)36-16-9-10-18-39(36)45-40/h4-28H,1-3H3;4-27H,1-3H3;4-26H,1-3H3. The number of para-hydroxylation sites is 6. The van der Waals surface area contributed by atoms with Gasteiger partial charge in [-0.15, -0.1) is 0 Å². The fraction of sp³-hybridized carbons (Fsp3) is 0.0863. The van der Waals surface area contributed by atoms with E-state index in [0.717, 1.165) is 105 Å². The van der Waals surface area contributed by atoms with Crippen molar-refractivity contribution in [2.45, 2.75) is 78.6 Å². The van der Waals surface area contributed by atoms with Crippen LogP contribution in [0.1, 0.15) is 79.0 Å². The van der Waals surface area contributed by atoms with Crippen LogP contribution in [0.5, 0.6) is 0 Å². The molecular formula is C139H99NO3. The molecule has 29 rings (SSSR count). The van der Waals surface area contributed by atoms with Gasteiger partial charge < -0.3 is 13.3 Å². The molecular weight excluding hydrogens is 1730 g/mol. The minimum absolute atomic E-state index is 0.0615. The fourth-order valence-electron chi connectivity index (χ4n) is 23.2. The van der Waals surface area contributed by atoms with Crippen LogP contribution in [0.2, 0.25) is 0 Å². The van der Waals surface area contributed by atoms with Gasteiger partial charge in [-0.1, -0.05) is 432 Å². The fourth-order valence-corrected chi connectivity index (χ4v) is 23.2. The zero-order valence-electron chi connectivity index (χ0n) is 81.2. The first kappa shape index (κ1) is 84.9. The lowest BCUT2D eigenvalue weighted by molar-refractivity contribution is 0.591. The lowest BCUT2D eigenvalue weighted by atomic mass is 9.81. The summed E-state index contributed by atoms with van der Waals surface area (Å²) in [5.41, 5.74) is 32.4. The quantitative estimate of drug-likeness (QED) is 0.135. The van der Waals surface area contributed by atoms with E-state index in [2.05, 4.69) is 457 Å².